The summed E-state index contributed by atoms with van der Waals surface area (Å²) in [5, 5.41) is 8.50. The highest BCUT2D eigenvalue weighted by molar-refractivity contribution is 5.64. The zero-order valence-electron chi connectivity index (χ0n) is 7.45. The van der Waals surface area contributed by atoms with Gasteiger partial charge in [-0.15, -0.1) is 0 Å². The maximum atomic E-state index is 10.4. The molecule has 0 aromatic carbocycles. The number of aliphatic hydroxyl groups is 1. The second-order valence-electron chi connectivity index (χ2n) is 2.69. The maximum Gasteiger partial charge on any atom is 0.404 e. The van der Waals surface area contributed by atoms with Crippen molar-refractivity contribution >= 4 is 6.09 Å². The van der Waals surface area contributed by atoms with Crippen LogP contribution in [0.1, 0.15) is 32.6 Å². The largest absolute Gasteiger partial charge is 0.446 e. The fraction of sp³-hybridized carbons (Fsp3) is 0.875. The van der Waals surface area contributed by atoms with Crippen molar-refractivity contribution in [3.8, 4) is 0 Å². The molecule has 0 fully saturated rings. The normalized spacial score (nSPS) is 12.5. The van der Waals surface area contributed by atoms with E-state index in [0.29, 0.717) is 0 Å². The van der Waals surface area contributed by atoms with Crippen LogP contribution in [-0.2, 0) is 4.74 Å². The van der Waals surface area contributed by atoms with Crippen LogP contribution in [0.15, 0.2) is 0 Å². The predicted molar refractivity (Wildman–Crippen MR) is 45.7 cm³/mol. The number of nitrogens with two attached hydrogens (primary N) is 1. The van der Waals surface area contributed by atoms with E-state index >= 15 is 0 Å². The zero-order valence-corrected chi connectivity index (χ0v) is 7.45. The molecule has 0 heterocycles. The van der Waals surface area contributed by atoms with Crippen LogP contribution in [0, 0.1) is 0 Å². The Balaban J connectivity index is 3.46. The van der Waals surface area contributed by atoms with Gasteiger partial charge in [0, 0.05) is 6.61 Å². The smallest absolute Gasteiger partial charge is 0.404 e. The molecule has 0 rings (SSSR count). The number of amides is 1. The lowest BCUT2D eigenvalue weighted by atomic mass is 10.1. The Morgan fingerprint density at radius 2 is 2.25 bits per heavy atom. The molecule has 0 aromatic rings. The Kier molecular flexibility index (Phi) is 6.47. The van der Waals surface area contributed by atoms with Crippen LogP contribution in [0.3, 0.4) is 0 Å². The Morgan fingerprint density at radius 1 is 1.58 bits per heavy atom. The minimum absolute atomic E-state index is 0.0888. The van der Waals surface area contributed by atoms with Crippen molar-refractivity contribution < 1.29 is 14.6 Å². The standard InChI is InChI=1S/C8H17NO3/c1-2-7(12-8(9)11)5-3-4-6-10/h7,10H,2-6H2,1H3,(H2,9,11). The number of ether oxygens (including phenoxy) is 1. The van der Waals surface area contributed by atoms with Gasteiger partial charge < -0.3 is 15.6 Å². The number of carbonyl (C=O) groups excluding carboxylic acids is 1. The molecule has 4 heteroatoms. The van der Waals surface area contributed by atoms with Crippen molar-refractivity contribution in [2.75, 3.05) is 6.61 Å². The summed E-state index contributed by atoms with van der Waals surface area (Å²) in [4.78, 5) is 10.4. The van der Waals surface area contributed by atoms with Crippen molar-refractivity contribution in [3.05, 3.63) is 0 Å². The molecule has 1 atom stereocenters. The zero-order chi connectivity index (χ0) is 9.40. The van der Waals surface area contributed by atoms with E-state index in [1.807, 2.05) is 6.92 Å². The highest BCUT2D eigenvalue weighted by Crippen LogP contribution is 2.07. The number of primary amides is 1. The number of unbranched alkanes of at least 4 members (excludes halogenated alkanes) is 1. The van der Waals surface area contributed by atoms with E-state index in [2.05, 4.69) is 0 Å². The van der Waals surface area contributed by atoms with Gasteiger partial charge in [-0.2, -0.15) is 0 Å². The lowest BCUT2D eigenvalue weighted by Gasteiger charge is -2.13. The quantitative estimate of drug-likeness (QED) is 0.592. The van der Waals surface area contributed by atoms with E-state index in [4.69, 9.17) is 15.6 Å². The van der Waals surface area contributed by atoms with Crippen LogP contribution >= 0.6 is 0 Å². The SMILES string of the molecule is CCC(CCCCO)OC(N)=O. The first-order valence-electron chi connectivity index (χ1n) is 4.27. The van der Waals surface area contributed by atoms with Gasteiger partial charge >= 0.3 is 6.09 Å². The minimum Gasteiger partial charge on any atom is -0.446 e. The molecule has 0 aromatic heterocycles. The van der Waals surface area contributed by atoms with Gasteiger partial charge in [0.05, 0.1) is 0 Å². The van der Waals surface area contributed by atoms with Crippen LogP contribution < -0.4 is 5.73 Å². The van der Waals surface area contributed by atoms with Gasteiger partial charge in [0.1, 0.15) is 6.10 Å². The van der Waals surface area contributed by atoms with Gasteiger partial charge in [0.25, 0.3) is 0 Å². The number of hydrogen-bond donors (Lipinski definition) is 2. The molecule has 0 aliphatic rings. The molecule has 3 N–H and O–H groups in total. The maximum absolute atomic E-state index is 10.4. The third kappa shape index (κ3) is 5.97. The van der Waals surface area contributed by atoms with Gasteiger partial charge in [-0.05, 0) is 25.7 Å². The van der Waals surface area contributed by atoms with Crippen LogP contribution in [0.2, 0.25) is 0 Å². The topological polar surface area (TPSA) is 72.6 Å². The molecule has 0 aliphatic carbocycles. The van der Waals surface area contributed by atoms with Gasteiger partial charge in [-0.1, -0.05) is 6.92 Å². The molecule has 4 nitrogen and oxygen atoms in total. The number of hydrogen-bond acceptors (Lipinski definition) is 3. The Morgan fingerprint density at radius 3 is 2.67 bits per heavy atom. The first-order valence-corrected chi connectivity index (χ1v) is 4.27. The molecule has 0 saturated heterocycles. The van der Waals surface area contributed by atoms with Crippen LogP contribution in [0.25, 0.3) is 0 Å². The fourth-order valence-corrected chi connectivity index (χ4v) is 0.994. The van der Waals surface area contributed by atoms with Crippen molar-refractivity contribution in [2.45, 2.75) is 38.7 Å². The molecule has 0 saturated carbocycles. The summed E-state index contributed by atoms with van der Waals surface area (Å²) in [5.74, 6) is 0. The van der Waals surface area contributed by atoms with Gasteiger partial charge in [0.2, 0.25) is 0 Å². The molecular formula is C8H17NO3. The molecule has 0 radical (unpaired) electrons. The summed E-state index contributed by atoms with van der Waals surface area (Å²) < 4.78 is 4.80. The lowest BCUT2D eigenvalue weighted by Crippen LogP contribution is -2.22. The predicted octanol–water partition coefficient (Wildman–Crippen LogP) is 1.02. The molecule has 0 spiro atoms. The van der Waals surface area contributed by atoms with Crippen molar-refractivity contribution in [2.24, 2.45) is 5.73 Å². The Bertz CT molecular complexity index is 127. The number of carbonyl (C=O) groups is 1. The minimum atomic E-state index is -0.717. The van der Waals surface area contributed by atoms with E-state index in [1.54, 1.807) is 0 Å². The summed E-state index contributed by atoms with van der Waals surface area (Å²) >= 11 is 0. The van der Waals surface area contributed by atoms with Crippen molar-refractivity contribution in [3.63, 3.8) is 0 Å². The number of aliphatic hydroxyl groups excluding tert-OH is 1. The van der Waals surface area contributed by atoms with Crippen LogP contribution in [0.4, 0.5) is 4.79 Å². The van der Waals surface area contributed by atoms with E-state index in [-0.39, 0.29) is 12.7 Å². The lowest BCUT2D eigenvalue weighted by molar-refractivity contribution is 0.0960. The van der Waals surface area contributed by atoms with Gasteiger partial charge in [-0.25, -0.2) is 4.79 Å². The third-order valence-electron chi connectivity index (χ3n) is 1.67. The molecule has 72 valence electrons. The van der Waals surface area contributed by atoms with Crippen molar-refractivity contribution in [1.29, 1.82) is 0 Å². The molecule has 0 aliphatic heterocycles. The molecular weight excluding hydrogens is 158 g/mol. The summed E-state index contributed by atoms with van der Waals surface area (Å²) in [5.41, 5.74) is 4.86. The first kappa shape index (κ1) is 11.2. The van der Waals surface area contributed by atoms with E-state index in [9.17, 15) is 4.79 Å². The van der Waals surface area contributed by atoms with E-state index < -0.39 is 6.09 Å². The fourth-order valence-electron chi connectivity index (χ4n) is 0.994. The second-order valence-corrected chi connectivity index (χ2v) is 2.69. The van der Waals surface area contributed by atoms with E-state index in [0.717, 1.165) is 25.7 Å². The average molecular weight is 175 g/mol. The first-order chi connectivity index (χ1) is 5.70. The van der Waals surface area contributed by atoms with Gasteiger partial charge in [0.15, 0.2) is 0 Å². The molecule has 1 amide bonds. The van der Waals surface area contributed by atoms with E-state index in [1.165, 1.54) is 0 Å². The summed E-state index contributed by atoms with van der Waals surface area (Å²) in [7, 11) is 0. The van der Waals surface area contributed by atoms with Crippen LogP contribution in [-0.4, -0.2) is 23.9 Å². The summed E-state index contributed by atoms with van der Waals surface area (Å²) in [6.07, 6.45) is 2.36. The third-order valence-corrected chi connectivity index (χ3v) is 1.67. The Labute approximate surface area is 72.7 Å². The van der Waals surface area contributed by atoms with Gasteiger partial charge in [-0.3, -0.25) is 0 Å². The molecule has 12 heavy (non-hydrogen) atoms. The van der Waals surface area contributed by atoms with Crippen LogP contribution in [0.5, 0.6) is 0 Å². The average Bonchev–Trinajstić information content (AvgIpc) is 2.02. The summed E-state index contributed by atoms with van der Waals surface area (Å²) in [6.45, 7) is 2.12. The second kappa shape index (κ2) is 6.91. The molecule has 0 bridgehead atoms. The Hall–Kier alpha value is -0.770. The highest BCUT2D eigenvalue weighted by Gasteiger charge is 2.08. The monoisotopic (exact) mass is 175 g/mol. The molecule has 1 unspecified atom stereocenters. The highest BCUT2D eigenvalue weighted by atomic mass is 16.6. The summed E-state index contributed by atoms with van der Waals surface area (Å²) in [6, 6.07) is 0. The van der Waals surface area contributed by atoms with Crippen molar-refractivity contribution in [1.82, 2.24) is 0 Å². The number of rotatable bonds is 6.